The lowest BCUT2D eigenvalue weighted by Crippen LogP contribution is -2.30. The summed E-state index contributed by atoms with van der Waals surface area (Å²) in [5.41, 5.74) is 1.23. The molecule has 22 heavy (non-hydrogen) atoms. The van der Waals surface area contributed by atoms with Crippen LogP contribution in [-0.2, 0) is 9.53 Å². The maximum absolute atomic E-state index is 12.0. The van der Waals surface area contributed by atoms with E-state index in [9.17, 15) is 14.7 Å². The molecule has 2 N–H and O–H groups in total. The molecule has 1 atom stereocenters. The Kier molecular flexibility index (Phi) is 4.78. The van der Waals surface area contributed by atoms with Crippen LogP contribution >= 0.6 is 0 Å². The zero-order chi connectivity index (χ0) is 16.1. The second-order valence-corrected chi connectivity index (χ2v) is 4.87. The molecule has 0 aliphatic rings. The molecular formula is C17H17NO4. The minimum absolute atomic E-state index is 0.0411. The number of anilines is 1. The van der Waals surface area contributed by atoms with Crippen molar-refractivity contribution in [1.29, 1.82) is 0 Å². The van der Waals surface area contributed by atoms with Crippen molar-refractivity contribution in [2.24, 2.45) is 0 Å². The van der Waals surface area contributed by atoms with Gasteiger partial charge < -0.3 is 15.2 Å². The summed E-state index contributed by atoms with van der Waals surface area (Å²) in [6.07, 6.45) is -0.979. The molecule has 5 nitrogen and oxygen atoms in total. The number of carbonyl (C=O) groups is 2. The molecule has 2 rings (SSSR count). The van der Waals surface area contributed by atoms with E-state index in [4.69, 9.17) is 4.74 Å². The predicted molar refractivity (Wildman–Crippen MR) is 82.8 cm³/mol. The fraction of sp³-hybridized carbons (Fsp3) is 0.176. The summed E-state index contributed by atoms with van der Waals surface area (Å²) in [6, 6.07) is 13.6. The first kappa shape index (κ1) is 15.6. The summed E-state index contributed by atoms with van der Waals surface area (Å²) in [4.78, 5) is 24.0. The van der Waals surface area contributed by atoms with Gasteiger partial charge in [0.2, 0.25) is 0 Å². The van der Waals surface area contributed by atoms with E-state index in [2.05, 4.69) is 5.32 Å². The monoisotopic (exact) mass is 299 g/mol. The van der Waals surface area contributed by atoms with Crippen molar-refractivity contribution in [2.75, 3.05) is 5.32 Å². The Morgan fingerprint density at radius 1 is 1.09 bits per heavy atom. The summed E-state index contributed by atoms with van der Waals surface area (Å²) >= 11 is 0. The summed E-state index contributed by atoms with van der Waals surface area (Å²) in [5, 5.41) is 12.5. The lowest BCUT2D eigenvalue weighted by molar-refractivity contribution is -0.123. The van der Waals surface area contributed by atoms with E-state index in [1.54, 1.807) is 43.3 Å². The topological polar surface area (TPSA) is 75.6 Å². The number of amides is 1. The van der Waals surface area contributed by atoms with Crippen molar-refractivity contribution in [1.82, 2.24) is 0 Å². The van der Waals surface area contributed by atoms with Crippen molar-refractivity contribution in [3.8, 4) is 5.75 Å². The molecule has 2 aromatic rings. The van der Waals surface area contributed by atoms with Crippen LogP contribution in [0.2, 0.25) is 0 Å². The van der Waals surface area contributed by atoms with E-state index in [0.717, 1.165) is 0 Å². The second-order valence-electron chi connectivity index (χ2n) is 4.87. The zero-order valence-electron chi connectivity index (χ0n) is 12.4. The molecule has 0 bridgehead atoms. The van der Waals surface area contributed by atoms with Crippen LogP contribution in [0.3, 0.4) is 0 Å². The van der Waals surface area contributed by atoms with Gasteiger partial charge in [0.25, 0.3) is 5.91 Å². The number of ether oxygens (including phenoxy) is 1. The Balaban J connectivity index is 2.02. The largest absolute Gasteiger partial charge is 0.507 e. The number of phenols is 1. The Bertz CT molecular complexity index is 682. The molecule has 5 heteroatoms. The van der Waals surface area contributed by atoms with Crippen molar-refractivity contribution in [2.45, 2.75) is 20.0 Å². The lowest BCUT2D eigenvalue weighted by atomic mass is 10.1. The fourth-order valence-electron chi connectivity index (χ4n) is 1.87. The molecular weight excluding hydrogens is 282 g/mol. The van der Waals surface area contributed by atoms with Crippen LogP contribution in [0.4, 0.5) is 5.69 Å². The first-order valence-corrected chi connectivity index (χ1v) is 6.84. The Morgan fingerprint density at radius 2 is 1.77 bits per heavy atom. The average molecular weight is 299 g/mol. The Hall–Kier alpha value is -2.82. The van der Waals surface area contributed by atoms with E-state index in [0.29, 0.717) is 11.3 Å². The molecule has 1 unspecified atom stereocenters. The van der Waals surface area contributed by atoms with Gasteiger partial charge in [0, 0.05) is 5.69 Å². The molecule has 0 heterocycles. The third-order valence-electron chi connectivity index (χ3n) is 3.15. The van der Waals surface area contributed by atoms with E-state index in [1.807, 2.05) is 6.07 Å². The third kappa shape index (κ3) is 3.63. The van der Waals surface area contributed by atoms with Crippen LogP contribution < -0.4 is 5.32 Å². The third-order valence-corrected chi connectivity index (χ3v) is 3.15. The number of phenolic OH excluding ortho intramolecular Hbond substituents is 1. The van der Waals surface area contributed by atoms with E-state index < -0.39 is 18.0 Å². The Labute approximate surface area is 128 Å². The van der Waals surface area contributed by atoms with Gasteiger partial charge in [-0.2, -0.15) is 0 Å². The lowest BCUT2D eigenvalue weighted by Gasteiger charge is -2.14. The number of benzene rings is 2. The van der Waals surface area contributed by atoms with Gasteiger partial charge in [-0.1, -0.05) is 30.3 Å². The number of carbonyl (C=O) groups excluding carboxylic acids is 2. The predicted octanol–water partition coefficient (Wildman–Crippen LogP) is 2.88. The smallest absolute Gasteiger partial charge is 0.342 e. The number of esters is 1. The van der Waals surface area contributed by atoms with Crippen LogP contribution in [0.25, 0.3) is 0 Å². The van der Waals surface area contributed by atoms with Crippen LogP contribution in [0.15, 0.2) is 48.5 Å². The highest BCUT2D eigenvalue weighted by Crippen LogP contribution is 2.22. The normalized spacial score (nSPS) is 11.5. The van der Waals surface area contributed by atoms with Crippen molar-refractivity contribution in [3.05, 3.63) is 59.7 Å². The minimum atomic E-state index is -0.979. The standard InChI is InChI=1S/C17H17NO4/c1-11-7-6-10-14(15(11)19)17(21)22-12(2)16(20)18-13-8-4-3-5-9-13/h3-10,12,19H,1-2H3,(H,18,20). The Morgan fingerprint density at radius 3 is 2.45 bits per heavy atom. The van der Waals surface area contributed by atoms with Gasteiger partial charge in [0.1, 0.15) is 11.3 Å². The van der Waals surface area contributed by atoms with Gasteiger partial charge in [-0.15, -0.1) is 0 Å². The highest BCUT2D eigenvalue weighted by atomic mass is 16.5. The van der Waals surface area contributed by atoms with Gasteiger partial charge in [-0.25, -0.2) is 4.79 Å². The quantitative estimate of drug-likeness (QED) is 0.851. The number of hydrogen-bond donors (Lipinski definition) is 2. The first-order chi connectivity index (χ1) is 10.5. The minimum Gasteiger partial charge on any atom is -0.507 e. The van der Waals surface area contributed by atoms with E-state index in [-0.39, 0.29) is 11.3 Å². The van der Waals surface area contributed by atoms with E-state index in [1.165, 1.54) is 13.0 Å². The summed E-state index contributed by atoms with van der Waals surface area (Å²) < 4.78 is 5.10. The van der Waals surface area contributed by atoms with Gasteiger partial charge in [-0.3, -0.25) is 4.79 Å². The van der Waals surface area contributed by atoms with Crippen molar-refractivity contribution in [3.63, 3.8) is 0 Å². The number of nitrogens with one attached hydrogen (secondary N) is 1. The van der Waals surface area contributed by atoms with Gasteiger partial charge in [0.05, 0.1) is 0 Å². The van der Waals surface area contributed by atoms with Gasteiger partial charge >= 0.3 is 5.97 Å². The number of aryl methyl sites for hydroxylation is 1. The number of aromatic hydroxyl groups is 1. The molecule has 1 amide bonds. The molecule has 0 saturated heterocycles. The second kappa shape index (κ2) is 6.76. The van der Waals surface area contributed by atoms with Gasteiger partial charge in [-0.05, 0) is 37.6 Å². The number of rotatable bonds is 4. The maximum atomic E-state index is 12.0. The average Bonchev–Trinajstić information content (AvgIpc) is 2.50. The zero-order valence-corrected chi connectivity index (χ0v) is 12.4. The highest BCUT2D eigenvalue weighted by Gasteiger charge is 2.21. The summed E-state index contributed by atoms with van der Waals surface area (Å²) in [5.74, 6) is -1.31. The maximum Gasteiger partial charge on any atom is 0.342 e. The molecule has 0 aliphatic heterocycles. The number of para-hydroxylation sites is 2. The molecule has 114 valence electrons. The van der Waals surface area contributed by atoms with Crippen LogP contribution in [0.1, 0.15) is 22.8 Å². The molecule has 0 aliphatic carbocycles. The number of hydrogen-bond acceptors (Lipinski definition) is 4. The van der Waals surface area contributed by atoms with Crippen LogP contribution in [-0.4, -0.2) is 23.1 Å². The molecule has 0 spiro atoms. The molecule has 0 radical (unpaired) electrons. The summed E-state index contributed by atoms with van der Waals surface area (Å²) in [7, 11) is 0. The molecule has 0 fully saturated rings. The first-order valence-electron chi connectivity index (χ1n) is 6.84. The van der Waals surface area contributed by atoms with Crippen molar-refractivity contribution >= 4 is 17.6 Å². The molecule has 0 saturated carbocycles. The van der Waals surface area contributed by atoms with Gasteiger partial charge in [0.15, 0.2) is 6.10 Å². The van der Waals surface area contributed by atoms with Crippen LogP contribution in [0.5, 0.6) is 5.75 Å². The summed E-state index contributed by atoms with van der Waals surface area (Å²) in [6.45, 7) is 3.15. The molecule has 0 aromatic heterocycles. The van der Waals surface area contributed by atoms with Crippen molar-refractivity contribution < 1.29 is 19.4 Å². The van der Waals surface area contributed by atoms with Crippen LogP contribution in [0, 0.1) is 6.92 Å². The highest BCUT2D eigenvalue weighted by molar-refractivity contribution is 5.98. The SMILES string of the molecule is Cc1cccc(C(=O)OC(C)C(=O)Nc2ccccc2)c1O. The van der Waals surface area contributed by atoms with E-state index >= 15 is 0 Å². The fourth-order valence-corrected chi connectivity index (χ4v) is 1.87. The molecule has 2 aromatic carbocycles.